The molecule has 0 heterocycles. The molecule has 1 aliphatic carbocycles. The van der Waals surface area contributed by atoms with E-state index in [2.05, 4.69) is 26.1 Å². The summed E-state index contributed by atoms with van der Waals surface area (Å²) < 4.78 is 0. The maximum Gasteiger partial charge on any atom is 0.307 e. The number of unbranched alkanes of at least 4 members (excludes halogenated alkanes) is 2. The average Bonchev–Trinajstić information content (AvgIpc) is 2.90. The molecule has 0 aromatic rings. The van der Waals surface area contributed by atoms with E-state index in [1.54, 1.807) is 0 Å². The van der Waals surface area contributed by atoms with Gasteiger partial charge in [-0.25, -0.2) is 0 Å². The van der Waals surface area contributed by atoms with E-state index < -0.39 is 17.3 Å². The van der Waals surface area contributed by atoms with Crippen molar-refractivity contribution >= 4 is 11.9 Å². The Kier molecular flexibility index (Phi) is 5.22. The summed E-state index contributed by atoms with van der Waals surface area (Å²) in [7, 11) is 0. The van der Waals surface area contributed by atoms with Crippen molar-refractivity contribution in [3.8, 4) is 0 Å². The third-order valence-electron chi connectivity index (χ3n) is 4.57. The van der Waals surface area contributed by atoms with Crippen molar-refractivity contribution in [1.82, 2.24) is 5.32 Å². The number of rotatable bonds is 8. The molecular weight excluding hydrogens is 254 g/mol. The van der Waals surface area contributed by atoms with Gasteiger partial charge in [0.25, 0.3) is 0 Å². The monoisotopic (exact) mass is 283 g/mol. The van der Waals surface area contributed by atoms with Gasteiger partial charge in [-0.15, -0.1) is 0 Å². The van der Waals surface area contributed by atoms with Crippen LogP contribution < -0.4 is 5.32 Å². The average molecular weight is 283 g/mol. The lowest BCUT2D eigenvalue weighted by molar-refractivity contribution is -0.140. The minimum atomic E-state index is -0.864. The van der Waals surface area contributed by atoms with Gasteiger partial charge in [0.1, 0.15) is 0 Å². The van der Waals surface area contributed by atoms with E-state index in [0.717, 1.165) is 6.42 Å². The van der Waals surface area contributed by atoms with E-state index in [0.29, 0.717) is 6.54 Å². The van der Waals surface area contributed by atoms with E-state index in [4.69, 9.17) is 5.11 Å². The summed E-state index contributed by atoms with van der Waals surface area (Å²) in [6.45, 7) is 10.8. The number of nitrogens with one attached hydrogen (secondary N) is 1. The molecule has 0 radical (unpaired) electrons. The van der Waals surface area contributed by atoms with Crippen LogP contribution in [0.4, 0.5) is 0 Å². The number of carbonyl (C=O) groups excluding carboxylic acids is 1. The van der Waals surface area contributed by atoms with E-state index in [9.17, 15) is 9.59 Å². The van der Waals surface area contributed by atoms with Crippen LogP contribution in [0.5, 0.6) is 0 Å². The van der Waals surface area contributed by atoms with E-state index in [1.807, 2.05) is 13.8 Å². The molecule has 0 aromatic carbocycles. The topological polar surface area (TPSA) is 66.4 Å². The SMILES string of the molecule is CCCCCC(C)(C)CNC(=O)[C@H]1[C@@H](C(=O)O)C1(C)C. The molecule has 0 saturated heterocycles. The van der Waals surface area contributed by atoms with E-state index in [-0.39, 0.29) is 17.2 Å². The molecule has 1 rings (SSSR count). The van der Waals surface area contributed by atoms with Crippen molar-refractivity contribution < 1.29 is 14.7 Å². The summed E-state index contributed by atoms with van der Waals surface area (Å²) in [4.78, 5) is 23.2. The van der Waals surface area contributed by atoms with E-state index >= 15 is 0 Å². The first kappa shape index (κ1) is 17.0. The van der Waals surface area contributed by atoms with Gasteiger partial charge in [0.05, 0.1) is 11.8 Å². The smallest absolute Gasteiger partial charge is 0.307 e. The highest BCUT2D eigenvalue weighted by Gasteiger charge is 2.65. The Morgan fingerprint density at radius 2 is 1.80 bits per heavy atom. The summed E-state index contributed by atoms with van der Waals surface area (Å²) in [6, 6.07) is 0. The number of carboxylic acid groups (broad SMARTS) is 1. The lowest BCUT2D eigenvalue weighted by atomic mass is 9.87. The first-order chi connectivity index (χ1) is 9.13. The van der Waals surface area contributed by atoms with Crippen molar-refractivity contribution in [1.29, 1.82) is 0 Å². The molecule has 2 atom stereocenters. The molecule has 116 valence electrons. The summed E-state index contributed by atoms with van der Waals surface area (Å²) >= 11 is 0. The molecule has 1 fully saturated rings. The van der Waals surface area contributed by atoms with Crippen molar-refractivity contribution in [2.24, 2.45) is 22.7 Å². The third kappa shape index (κ3) is 3.97. The molecule has 20 heavy (non-hydrogen) atoms. The molecule has 0 aliphatic heterocycles. The van der Waals surface area contributed by atoms with Crippen molar-refractivity contribution in [2.75, 3.05) is 6.54 Å². The van der Waals surface area contributed by atoms with Crippen LogP contribution in [-0.4, -0.2) is 23.5 Å². The van der Waals surface area contributed by atoms with Crippen molar-refractivity contribution in [3.05, 3.63) is 0 Å². The van der Waals surface area contributed by atoms with Gasteiger partial charge in [0, 0.05) is 6.54 Å². The van der Waals surface area contributed by atoms with Crippen LogP contribution in [0, 0.1) is 22.7 Å². The zero-order valence-corrected chi connectivity index (χ0v) is 13.5. The molecular formula is C16H29NO3. The minimum Gasteiger partial charge on any atom is -0.481 e. The Morgan fingerprint density at radius 1 is 1.20 bits per heavy atom. The van der Waals surface area contributed by atoms with Crippen LogP contribution in [0.1, 0.15) is 60.3 Å². The van der Waals surface area contributed by atoms with Crippen LogP contribution in [0.15, 0.2) is 0 Å². The number of hydrogen-bond acceptors (Lipinski definition) is 2. The zero-order chi connectivity index (χ0) is 15.6. The molecule has 2 N–H and O–H groups in total. The fraction of sp³-hybridized carbons (Fsp3) is 0.875. The minimum absolute atomic E-state index is 0.0720. The Morgan fingerprint density at radius 3 is 2.25 bits per heavy atom. The zero-order valence-electron chi connectivity index (χ0n) is 13.5. The van der Waals surface area contributed by atoms with Gasteiger partial charge in [0.15, 0.2) is 0 Å². The van der Waals surface area contributed by atoms with Crippen LogP contribution in [0.25, 0.3) is 0 Å². The number of amides is 1. The Labute approximate surface area is 122 Å². The van der Waals surface area contributed by atoms with Gasteiger partial charge in [-0.3, -0.25) is 9.59 Å². The molecule has 4 nitrogen and oxygen atoms in total. The molecule has 0 unspecified atom stereocenters. The summed E-state index contributed by atoms with van der Waals surface area (Å²) in [6.07, 6.45) is 4.66. The number of carboxylic acids is 1. The van der Waals surface area contributed by atoms with Crippen LogP contribution >= 0.6 is 0 Å². The molecule has 1 amide bonds. The van der Waals surface area contributed by atoms with Gasteiger partial charge >= 0.3 is 5.97 Å². The van der Waals surface area contributed by atoms with Crippen LogP contribution in [-0.2, 0) is 9.59 Å². The lowest BCUT2D eigenvalue weighted by Gasteiger charge is -2.25. The fourth-order valence-corrected chi connectivity index (χ4v) is 2.97. The standard InChI is InChI=1S/C16H29NO3/c1-6-7-8-9-15(2,3)10-17-13(18)11-12(14(19)20)16(11,4)5/h11-12H,6-10H2,1-5H3,(H,17,18)(H,19,20)/t11-,12+/m1/s1. The molecule has 0 aromatic heterocycles. The molecule has 4 heteroatoms. The maximum atomic E-state index is 12.1. The Balaban J connectivity index is 2.42. The highest BCUT2D eigenvalue weighted by atomic mass is 16.4. The first-order valence-corrected chi connectivity index (χ1v) is 7.64. The quantitative estimate of drug-likeness (QED) is 0.673. The molecule has 1 saturated carbocycles. The van der Waals surface area contributed by atoms with Gasteiger partial charge in [-0.05, 0) is 17.3 Å². The third-order valence-corrected chi connectivity index (χ3v) is 4.57. The maximum absolute atomic E-state index is 12.1. The van der Waals surface area contributed by atoms with Crippen molar-refractivity contribution in [2.45, 2.75) is 60.3 Å². The van der Waals surface area contributed by atoms with Gasteiger partial charge in [-0.1, -0.05) is 53.9 Å². The lowest BCUT2D eigenvalue weighted by Crippen LogP contribution is -2.36. The second-order valence-electron chi connectivity index (χ2n) is 7.45. The highest BCUT2D eigenvalue weighted by molar-refractivity contribution is 5.91. The van der Waals surface area contributed by atoms with Gasteiger partial charge in [0.2, 0.25) is 5.91 Å². The summed E-state index contributed by atoms with van der Waals surface area (Å²) in [5.41, 5.74) is -0.342. The second-order valence-corrected chi connectivity index (χ2v) is 7.45. The fourth-order valence-electron chi connectivity index (χ4n) is 2.97. The Bertz CT molecular complexity index is 374. The highest BCUT2D eigenvalue weighted by Crippen LogP contribution is 2.58. The molecule has 0 bridgehead atoms. The number of hydrogen-bond donors (Lipinski definition) is 2. The number of aliphatic carboxylic acids is 1. The summed E-state index contributed by atoms with van der Waals surface area (Å²) in [5, 5.41) is 12.0. The Hall–Kier alpha value is -1.06. The number of carbonyl (C=O) groups is 2. The summed E-state index contributed by atoms with van der Waals surface area (Å²) in [5.74, 6) is -1.89. The predicted molar refractivity (Wildman–Crippen MR) is 79.3 cm³/mol. The predicted octanol–water partition coefficient (Wildman–Crippen LogP) is 3.07. The largest absolute Gasteiger partial charge is 0.481 e. The van der Waals surface area contributed by atoms with Gasteiger partial charge in [-0.2, -0.15) is 0 Å². The first-order valence-electron chi connectivity index (χ1n) is 7.64. The van der Waals surface area contributed by atoms with E-state index in [1.165, 1.54) is 19.3 Å². The van der Waals surface area contributed by atoms with Crippen LogP contribution in [0.3, 0.4) is 0 Å². The second kappa shape index (κ2) is 6.15. The normalized spacial score (nSPS) is 24.2. The van der Waals surface area contributed by atoms with Crippen molar-refractivity contribution in [3.63, 3.8) is 0 Å². The van der Waals surface area contributed by atoms with Crippen LogP contribution in [0.2, 0.25) is 0 Å². The molecule has 0 spiro atoms. The van der Waals surface area contributed by atoms with Gasteiger partial charge < -0.3 is 10.4 Å². The molecule has 1 aliphatic rings.